The number of ether oxygens (including phenoxy) is 4. The number of rotatable bonds is 17. The molecule has 0 amide bonds. The lowest BCUT2D eigenvalue weighted by Crippen LogP contribution is -2.49. The van der Waals surface area contributed by atoms with Gasteiger partial charge in [0.25, 0.3) is 0 Å². The fraction of sp³-hybridized carbons (Fsp3) is 0.933. The van der Waals surface area contributed by atoms with Crippen LogP contribution < -0.4 is 0 Å². The van der Waals surface area contributed by atoms with Crippen LogP contribution in [-0.4, -0.2) is 36.0 Å². The van der Waals surface area contributed by atoms with Crippen molar-refractivity contribution in [2.24, 2.45) is 0 Å². The van der Waals surface area contributed by atoms with Crippen LogP contribution in [-0.2, 0) is 18.9 Å². The molecule has 2 saturated heterocycles. The molecule has 200 valence electrons. The quantitative estimate of drug-likeness (QED) is 0.154. The molecule has 0 aromatic carbocycles. The zero-order valence-corrected chi connectivity index (χ0v) is 23.2. The van der Waals surface area contributed by atoms with Crippen molar-refractivity contribution in [2.45, 2.75) is 180 Å². The minimum atomic E-state index is -0.573. The molecule has 2 aliphatic heterocycles. The van der Waals surface area contributed by atoms with Crippen molar-refractivity contribution in [3.8, 4) is 0 Å². The zero-order valence-electron chi connectivity index (χ0n) is 23.2. The molecule has 0 aromatic rings. The molecule has 0 saturated carbocycles. The molecule has 0 spiro atoms. The van der Waals surface area contributed by atoms with Gasteiger partial charge < -0.3 is 18.9 Å². The van der Waals surface area contributed by atoms with Crippen LogP contribution in [0.4, 0.5) is 0 Å². The predicted molar refractivity (Wildman–Crippen MR) is 142 cm³/mol. The van der Waals surface area contributed by atoms with Gasteiger partial charge in [-0.2, -0.15) is 0 Å². The van der Waals surface area contributed by atoms with Crippen molar-refractivity contribution in [2.75, 3.05) is 0 Å². The minimum absolute atomic E-state index is 0.0446. The average Bonchev–Trinajstić information content (AvgIpc) is 2.74. The van der Waals surface area contributed by atoms with E-state index in [1.54, 1.807) is 0 Å². The topological polar surface area (TPSA) is 36.9 Å². The Kier molecular flexibility index (Phi) is 13.7. The zero-order chi connectivity index (χ0) is 24.9. The second kappa shape index (κ2) is 15.6. The maximum atomic E-state index is 6.29. The highest BCUT2D eigenvalue weighted by Crippen LogP contribution is 2.35. The largest absolute Gasteiger partial charge is 0.347 e. The Balaban J connectivity index is 1.58. The molecule has 34 heavy (non-hydrogen) atoms. The summed E-state index contributed by atoms with van der Waals surface area (Å²) in [6, 6.07) is 0. The molecular formula is C30H56O4. The Bertz CT molecular complexity index is 544. The standard InChI is InChI=1S/C30H56O4/c1-7-9-10-11-12-13-14-15-16-17-18-19-20-21-26-23-28(34-30(5,6)32-26)24-27-22-25(8-2)31-29(3,4)33-27/h8,25-28H,2,7,9-24H2,1,3-6H3/t25-,26-,27-,28+/m1/s1. The SMILES string of the molecule is C=C[C@@H]1C[C@H](C[C@@H]2C[C@@H](CCCCCCCCCCCCCCC)OC(C)(C)O2)OC(C)(C)O1. The number of hydrogen-bond donors (Lipinski definition) is 0. The molecule has 0 unspecified atom stereocenters. The van der Waals surface area contributed by atoms with Crippen LogP contribution in [0.5, 0.6) is 0 Å². The molecule has 2 rings (SSSR count). The Hall–Kier alpha value is -0.420. The van der Waals surface area contributed by atoms with Gasteiger partial charge in [0.1, 0.15) is 0 Å². The fourth-order valence-electron chi connectivity index (χ4n) is 5.66. The van der Waals surface area contributed by atoms with Gasteiger partial charge in [-0.1, -0.05) is 96.5 Å². The lowest BCUT2D eigenvalue weighted by atomic mass is 9.95. The van der Waals surface area contributed by atoms with Crippen LogP contribution >= 0.6 is 0 Å². The smallest absolute Gasteiger partial charge is 0.163 e. The summed E-state index contributed by atoms with van der Waals surface area (Å²) >= 11 is 0. The maximum Gasteiger partial charge on any atom is 0.163 e. The van der Waals surface area contributed by atoms with Crippen LogP contribution in [0.25, 0.3) is 0 Å². The number of hydrogen-bond acceptors (Lipinski definition) is 4. The van der Waals surface area contributed by atoms with Crippen molar-refractivity contribution in [1.82, 2.24) is 0 Å². The second-order valence-electron chi connectivity index (χ2n) is 11.6. The van der Waals surface area contributed by atoms with Gasteiger partial charge in [0.15, 0.2) is 11.6 Å². The van der Waals surface area contributed by atoms with Gasteiger partial charge >= 0.3 is 0 Å². The van der Waals surface area contributed by atoms with E-state index in [4.69, 9.17) is 18.9 Å². The third-order valence-corrected chi connectivity index (χ3v) is 7.23. The van der Waals surface area contributed by atoms with Gasteiger partial charge in [-0.3, -0.25) is 0 Å². The molecule has 2 fully saturated rings. The monoisotopic (exact) mass is 480 g/mol. The van der Waals surface area contributed by atoms with Crippen molar-refractivity contribution in [1.29, 1.82) is 0 Å². The Morgan fingerprint density at radius 2 is 1.06 bits per heavy atom. The average molecular weight is 481 g/mol. The lowest BCUT2D eigenvalue weighted by Gasteiger charge is -2.44. The number of unbranched alkanes of at least 4 members (excludes halogenated alkanes) is 12. The van der Waals surface area contributed by atoms with Crippen molar-refractivity contribution < 1.29 is 18.9 Å². The van der Waals surface area contributed by atoms with Gasteiger partial charge in [0.2, 0.25) is 0 Å². The fourth-order valence-corrected chi connectivity index (χ4v) is 5.66. The van der Waals surface area contributed by atoms with E-state index in [9.17, 15) is 0 Å². The van der Waals surface area contributed by atoms with Crippen molar-refractivity contribution in [3.63, 3.8) is 0 Å². The molecule has 4 atom stereocenters. The van der Waals surface area contributed by atoms with Crippen LogP contribution in [0.15, 0.2) is 12.7 Å². The van der Waals surface area contributed by atoms with E-state index in [2.05, 4.69) is 27.4 Å². The van der Waals surface area contributed by atoms with Gasteiger partial charge in [0.05, 0.1) is 24.4 Å². The summed E-state index contributed by atoms with van der Waals surface area (Å²) in [4.78, 5) is 0. The summed E-state index contributed by atoms with van der Waals surface area (Å²) < 4.78 is 24.7. The van der Waals surface area contributed by atoms with E-state index >= 15 is 0 Å². The van der Waals surface area contributed by atoms with Gasteiger partial charge in [0, 0.05) is 19.3 Å². The molecule has 2 heterocycles. The Morgan fingerprint density at radius 1 is 0.618 bits per heavy atom. The molecular weight excluding hydrogens is 424 g/mol. The van der Waals surface area contributed by atoms with Gasteiger partial charge in [-0.25, -0.2) is 0 Å². The first-order valence-corrected chi connectivity index (χ1v) is 14.6. The highest BCUT2D eigenvalue weighted by Gasteiger charge is 2.40. The molecule has 4 heteroatoms. The van der Waals surface area contributed by atoms with Crippen LogP contribution in [0.1, 0.15) is 144 Å². The highest BCUT2D eigenvalue weighted by atomic mass is 16.7. The first-order chi connectivity index (χ1) is 16.2. The maximum absolute atomic E-state index is 6.29. The molecule has 2 aliphatic rings. The van der Waals surface area contributed by atoms with Gasteiger partial charge in [-0.05, 0) is 34.1 Å². The summed E-state index contributed by atoms with van der Waals surface area (Å²) in [7, 11) is 0. The first-order valence-electron chi connectivity index (χ1n) is 14.6. The summed E-state index contributed by atoms with van der Waals surface area (Å²) in [5.74, 6) is -1.10. The highest BCUT2D eigenvalue weighted by molar-refractivity contribution is 4.89. The first kappa shape index (κ1) is 29.8. The van der Waals surface area contributed by atoms with E-state index in [-0.39, 0.29) is 24.4 Å². The summed E-state index contributed by atoms with van der Waals surface area (Å²) in [5.41, 5.74) is 0. The molecule has 0 bridgehead atoms. The summed E-state index contributed by atoms with van der Waals surface area (Å²) in [6.45, 7) is 14.3. The minimum Gasteiger partial charge on any atom is -0.347 e. The third-order valence-electron chi connectivity index (χ3n) is 7.23. The Labute approximate surface area is 211 Å². The second-order valence-corrected chi connectivity index (χ2v) is 11.6. The van der Waals surface area contributed by atoms with E-state index in [1.807, 2.05) is 19.9 Å². The molecule has 0 aliphatic carbocycles. The molecule has 0 N–H and O–H groups in total. The summed E-state index contributed by atoms with van der Waals surface area (Å²) in [5, 5.41) is 0. The van der Waals surface area contributed by atoms with Crippen LogP contribution in [0.2, 0.25) is 0 Å². The molecule has 4 nitrogen and oxygen atoms in total. The summed E-state index contributed by atoms with van der Waals surface area (Å²) in [6.07, 6.45) is 24.4. The normalized spacial score (nSPS) is 28.6. The third kappa shape index (κ3) is 12.5. The van der Waals surface area contributed by atoms with E-state index in [1.165, 1.54) is 83.5 Å². The van der Waals surface area contributed by atoms with Crippen LogP contribution in [0, 0.1) is 0 Å². The molecule has 0 aromatic heterocycles. The van der Waals surface area contributed by atoms with E-state index in [0.717, 1.165) is 25.7 Å². The van der Waals surface area contributed by atoms with Crippen molar-refractivity contribution in [3.05, 3.63) is 12.7 Å². The van der Waals surface area contributed by atoms with E-state index < -0.39 is 11.6 Å². The molecule has 0 radical (unpaired) electrons. The van der Waals surface area contributed by atoms with Crippen LogP contribution in [0.3, 0.4) is 0 Å². The lowest BCUT2D eigenvalue weighted by molar-refractivity contribution is -0.321. The Morgan fingerprint density at radius 3 is 1.59 bits per heavy atom. The predicted octanol–water partition coefficient (Wildman–Crippen LogP) is 8.86. The van der Waals surface area contributed by atoms with Gasteiger partial charge in [-0.15, -0.1) is 6.58 Å². The van der Waals surface area contributed by atoms with Crippen molar-refractivity contribution >= 4 is 0 Å². The van der Waals surface area contributed by atoms with E-state index in [0.29, 0.717) is 0 Å².